The number of alkyl carbamates (subject to hydrolysis) is 1. The van der Waals surface area contributed by atoms with E-state index in [1.807, 2.05) is 0 Å². The van der Waals surface area contributed by atoms with Crippen molar-refractivity contribution in [1.82, 2.24) is 5.32 Å². The number of anilines is 1. The molecule has 6 nitrogen and oxygen atoms in total. The average molecular weight is 318 g/mol. The summed E-state index contributed by atoms with van der Waals surface area (Å²) >= 11 is 0. The monoisotopic (exact) mass is 318 g/mol. The Hall–Kier alpha value is -1.83. The van der Waals surface area contributed by atoms with Crippen molar-refractivity contribution in [3.05, 3.63) is 23.3 Å². The molecule has 21 heavy (non-hydrogen) atoms. The number of benzene rings is 1. The van der Waals surface area contributed by atoms with Crippen LogP contribution >= 0.6 is 0 Å². The first kappa shape index (κ1) is 17.2. The molecule has 3 N–H and O–H groups in total. The molecule has 1 rings (SSSR count). The van der Waals surface area contributed by atoms with Crippen LogP contribution in [0.15, 0.2) is 17.0 Å². The van der Waals surface area contributed by atoms with Crippen LogP contribution < -0.4 is 11.1 Å². The Morgan fingerprint density at radius 3 is 2.43 bits per heavy atom. The molecule has 0 atom stereocenters. The first-order valence-electron chi connectivity index (χ1n) is 6.20. The standard InChI is InChI=1S/C13H19FN2O4S/c1-8-9(7-16-12(17)20-13(2,3)4)5-10(15)6-11(8)21(14,18)19/h5-6H,7,15H2,1-4H3,(H,16,17). The van der Waals surface area contributed by atoms with Crippen LogP contribution in [-0.2, 0) is 21.5 Å². The SMILES string of the molecule is Cc1c(CNC(=O)OC(C)(C)C)cc(N)cc1S(=O)(=O)F. The van der Waals surface area contributed by atoms with Crippen molar-refractivity contribution in [2.24, 2.45) is 0 Å². The molecule has 0 bridgehead atoms. The second-order valence-corrected chi connectivity index (χ2v) is 6.91. The summed E-state index contributed by atoms with van der Waals surface area (Å²) in [4.78, 5) is 11.1. The highest BCUT2D eigenvalue weighted by atomic mass is 32.3. The molecular weight excluding hydrogens is 299 g/mol. The van der Waals surface area contributed by atoms with Crippen molar-refractivity contribution in [2.45, 2.75) is 44.7 Å². The van der Waals surface area contributed by atoms with Crippen LogP contribution in [0.4, 0.5) is 14.4 Å². The van der Waals surface area contributed by atoms with Gasteiger partial charge in [-0.15, -0.1) is 3.89 Å². The van der Waals surface area contributed by atoms with Gasteiger partial charge in [0.15, 0.2) is 0 Å². The van der Waals surface area contributed by atoms with Gasteiger partial charge in [-0.2, -0.15) is 8.42 Å². The molecule has 0 heterocycles. The van der Waals surface area contributed by atoms with Crippen molar-refractivity contribution in [2.75, 3.05) is 5.73 Å². The van der Waals surface area contributed by atoms with E-state index in [2.05, 4.69) is 5.32 Å². The maximum absolute atomic E-state index is 13.2. The number of nitrogens with one attached hydrogen (secondary N) is 1. The molecule has 1 amide bonds. The predicted molar refractivity (Wildman–Crippen MR) is 77.0 cm³/mol. The zero-order chi connectivity index (χ0) is 16.4. The predicted octanol–water partition coefficient (Wildman–Crippen LogP) is 2.26. The first-order valence-corrected chi connectivity index (χ1v) is 7.59. The van der Waals surface area contributed by atoms with Gasteiger partial charge in [-0.05, 0) is 51.0 Å². The first-order chi connectivity index (χ1) is 9.40. The third-order valence-electron chi connectivity index (χ3n) is 2.57. The number of rotatable bonds is 3. The van der Waals surface area contributed by atoms with Crippen molar-refractivity contribution in [1.29, 1.82) is 0 Å². The fourth-order valence-electron chi connectivity index (χ4n) is 1.69. The van der Waals surface area contributed by atoms with Gasteiger partial charge in [-0.25, -0.2) is 4.79 Å². The van der Waals surface area contributed by atoms with Gasteiger partial charge in [0.2, 0.25) is 0 Å². The van der Waals surface area contributed by atoms with E-state index in [1.54, 1.807) is 20.8 Å². The second-order valence-electron chi connectivity index (χ2n) is 5.60. The van der Waals surface area contributed by atoms with Crippen LogP contribution in [0.25, 0.3) is 0 Å². The van der Waals surface area contributed by atoms with E-state index >= 15 is 0 Å². The van der Waals surface area contributed by atoms with Gasteiger partial charge in [0, 0.05) is 12.2 Å². The van der Waals surface area contributed by atoms with Gasteiger partial charge >= 0.3 is 16.3 Å². The molecule has 0 unspecified atom stereocenters. The lowest BCUT2D eigenvalue weighted by molar-refractivity contribution is 0.0523. The van der Waals surface area contributed by atoms with Crippen molar-refractivity contribution in [3.8, 4) is 0 Å². The summed E-state index contributed by atoms with van der Waals surface area (Å²) in [6.07, 6.45) is -0.658. The van der Waals surface area contributed by atoms with Crippen LogP contribution in [0, 0.1) is 6.92 Å². The summed E-state index contributed by atoms with van der Waals surface area (Å²) in [5.74, 6) is 0. The van der Waals surface area contributed by atoms with Gasteiger partial charge in [-0.3, -0.25) is 0 Å². The van der Waals surface area contributed by atoms with E-state index in [1.165, 1.54) is 13.0 Å². The Kier molecular flexibility index (Phi) is 4.83. The van der Waals surface area contributed by atoms with Crippen molar-refractivity contribution < 1.29 is 21.8 Å². The molecule has 0 saturated heterocycles. The van der Waals surface area contributed by atoms with Gasteiger partial charge < -0.3 is 15.8 Å². The number of carbonyl (C=O) groups excluding carboxylic acids is 1. The highest BCUT2D eigenvalue weighted by Gasteiger charge is 2.20. The fraction of sp³-hybridized carbons (Fsp3) is 0.462. The molecule has 1 aromatic rings. The minimum atomic E-state index is -4.87. The van der Waals surface area contributed by atoms with Crippen LogP contribution in [0.2, 0.25) is 0 Å². The van der Waals surface area contributed by atoms with Gasteiger partial charge in [0.05, 0.1) is 0 Å². The topological polar surface area (TPSA) is 98.5 Å². The Balaban J connectivity index is 2.95. The van der Waals surface area contributed by atoms with Gasteiger partial charge in [0.1, 0.15) is 10.5 Å². The third kappa shape index (κ3) is 5.22. The summed E-state index contributed by atoms with van der Waals surface area (Å²) in [6, 6.07) is 2.52. The lowest BCUT2D eigenvalue weighted by atomic mass is 10.1. The Morgan fingerprint density at radius 1 is 1.38 bits per heavy atom. The molecule has 0 spiro atoms. The molecule has 118 valence electrons. The Morgan fingerprint density at radius 2 is 1.95 bits per heavy atom. The van der Waals surface area contributed by atoms with Crippen molar-refractivity contribution >= 4 is 22.0 Å². The molecule has 0 saturated carbocycles. The normalized spacial score (nSPS) is 12.0. The highest BCUT2D eigenvalue weighted by Crippen LogP contribution is 2.24. The van der Waals surface area contributed by atoms with E-state index in [4.69, 9.17) is 10.5 Å². The molecule has 0 aliphatic carbocycles. The maximum Gasteiger partial charge on any atom is 0.407 e. The second kappa shape index (κ2) is 5.88. The highest BCUT2D eigenvalue weighted by molar-refractivity contribution is 7.86. The summed E-state index contributed by atoms with van der Waals surface area (Å²) < 4.78 is 40.3. The lowest BCUT2D eigenvalue weighted by Gasteiger charge is -2.20. The zero-order valence-corrected chi connectivity index (χ0v) is 13.2. The van der Waals surface area contributed by atoms with Gasteiger partial charge in [-0.1, -0.05) is 0 Å². The number of hydrogen-bond acceptors (Lipinski definition) is 5. The molecular formula is C13H19FN2O4S. The summed E-state index contributed by atoms with van der Waals surface area (Å²) in [6.45, 7) is 6.57. The molecule has 0 aliphatic heterocycles. The quantitative estimate of drug-likeness (QED) is 0.658. The van der Waals surface area contributed by atoms with Crippen LogP contribution in [-0.4, -0.2) is 20.1 Å². The van der Waals surface area contributed by atoms with E-state index in [0.29, 0.717) is 5.56 Å². The molecule has 1 aromatic carbocycles. The zero-order valence-electron chi connectivity index (χ0n) is 12.4. The Bertz CT molecular complexity index is 651. The summed E-state index contributed by atoms with van der Waals surface area (Å²) in [5, 5.41) is 2.47. The van der Waals surface area contributed by atoms with Crippen LogP contribution in [0.1, 0.15) is 31.9 Å². The molecule has 8 heteroatoms. The molecule has 0 aliphatic rings. The maximum atomic E-state index is 13.2. The van der Waals surface area contributed by atoms with Crippen LogP contribution in [0.3, 0.4) is 0 Å². The largest absolute Gasteiger partial charge is 0.444 e. The minimum absolute atomic E-state index is 0.0195. The molecule has 0 radical (unpaired) electrons. The number of halogens is 1. The summed E-state index contributed by atoms with van der Waals surface area (Å²) in [5.41, 5.74) is 5.60. The number of nitrogen functional groups attached to an aromatic ring is 1. The number of nitrogens with two attached hydrogens (primary N) is 1. The lowest BCUT2D eigenvalue weighted by Crippen LogP contribution is -2.32. The molecule has 0 fully saturated rings. The van der Waals surface area contributed by atoms with E-state index in [-0.39, 0.29) is 17.8 Å². The van der Waals surface area contributed by atoms with Gasteiger partial charge in [0.25, 0.3) is 0 Å². The smallest absolute Gasteiger partial charge is 0.407 e. The molecule has 0 aromatic heterocycles. The van der Waals surface area contributed by atoms with E-state index in [9.17, 15) is 17.1 Å². The number of amides is 1. The summed E-state index contributed by atoms with van der Waals surface area (Å²) in [7, 11) is -4.87. The minimum Gasteiger partial charge on any atom is -0.444 e. The number of carbonyl (C=O) groups is 1. The Labute approximate surface area is 123 Å². The van der Waals surface area contributed by atoms with Crippen molar-refractivity contribution in [3.63, 3.8) is 0 Å². The fourth-order valence-corrected chi connectivity index (χ4v) is 2.46. The average Bonchev–Trinajstić information content (AvgIpc) is 2.26. The van der Waals surface area contributed by atoms with E-state index < -0.39 is 26.8 Å². The number of ether oxygens (including phenoxy) is 1. The number of hydrogen-bond donors (Lipinski definition) is 2. The third-order valence-corrected chi connectivity index (χ3v) is 3.52. The van der Waals surface area contributed by atoms with E-state index in [0.717, 1.165) is 6.07 Å². The van der Waals surface area contributed by atoms with Crippen LogP contribution in [0.5, 0.6) is 0 Å².